The highest BCUT2D eigenvalue weighted by molar-refractivity contribution is 6.32. The number of halogens is 1. The van der Waals surface area contributed by atoms with Gasteiger partial charge in [0.2, 0.25) is 0 Å². The van der Waals surface area contributed by atoms with Crippen molar-refractivity contribution in [2.75, 3.05) is 5.73 Å². The normalized spacial score (nSPS) is 12.1. The molecule has 0 spiro atoms. The first kappa shape index (κ1) is 11.7. The third-order valence-electron chi connectivity index (χ3n) is 1.95. The van der Waals surface area contributed by atoms with Crippen molar-refractivity contribution in [3.63, 3.8) is 0 Å². The number of hydrogen-bond donors (Lipinski definition) is 2. The van der Waals surface area contributed by atoms with Crippen molar-refractivity contribution in [2.45, 2.75) is 19.4 Å². The van der Waals surface area contributed by atoms with E-state index in [1.807, 2.05) is 0 Å². The topological polar surface area (TPSA) is 78.3 Å². The van der Waals surface area contributed by atoms with Crippen LogP contribution < -0.4 is 16.2 Å². The van der Waals surface area contributed by atoms with Crippen LogP contribution in [-0.2, 0) is 4.79 Å². The molecule has 4 nitrogen and oxygen atoms in total. The Bertz CT molecular complexity index is 348. The van der Waals surface area contributed by atoms with Crippen molar-refractivity contribution in [3.8, 4) is 5.75 Å². The Morgan fingerprint density at radius 3 is 2.73 bits per heavy atom. The summed E-state index contributed by atoms with van der Waals surface area (Å²) in [6.07, 6.45) is -0.229. The van der Waals surface area contributed by atoms with Crippen LogP contribution in [0.5, 0.6) is 5.75 Å². The zero-order valence-electron chi connectivity index (χ0n) is 8.37. The Hall–Kier alpha value is -1.42. The van der Waals surface area contributed by atoms with Crippen molar-refractivity contribution in [2.24, 2.45) is 5.73 Å². The van der Waals surface area contributed by atoms with Gasteiger partial charge in [-0.3, -0.25) is 4.79 Å². The molecule has 5 heteroatoms. The average Bonchev–Trinajstić information content (AvgIpc) is 2.17. The van der Waals surface area contributed by atoms with E-state index in [1.165, 1.54) is 0 Å². The Labute approximate surface area is 93.1 Å². The lowest BCUT2D eigenvalue weighted by atomic mass is 10.2. The second kappa shape index (κ2) is 4.89. The molecule has 0 aliphatic heterocycles. The van der Waals surface area contributed by atoms with Gasteiger partial charge in [0.1, 0.15) is 0 Å². The largest absolute Gasteiger partial charge is 0.477 e. The Morgan fingerprint density at radius 2 is 2.27 bits per heavy atom. The summed E-state index contributed by atoms with van der Waals surface area (Å²) in [6.45, 7) is 1.79. The van der Waals surface area contributed by atoms with E-state index >= 15 is 0 Å². The molecule has 4 N–H and O–H groups in total. The van der Waals surface area contributed by atoms with Crippen LogP contribution >= 0.6 is 11.6 Å². The second-order valence-electron chi connectivity index (χ2n) is 3.08. The smallest absolute Gasteiger partial charge is 0.258 e. The fourth-order valence-electron chi connectivity index (χ4n) is 1.13. The van der Waals surface area contributed by atoms with Gasteiger partial charge in [-0.25, -0.2) is 0 Å². The molecule has 0 radical (unpaired) electrons. The van der Waals surface area contributed by atoms with Crippen molar-refractivity contribution in [1.82, 2.24) is 0 Å². The van der Waals surface area contributed by atoms with E-state index in [1.54, 1.807) is 25.1 Å². The number of rotatable bonds is 4. The van der Waals surface area contributed by atoms with Crippen LogP contribution in [0.4, 0.5) is 5.69 Å². The number of carbonyl (C=O) groups is 1. The first-order valence-electron chi connectivity index (χ1n) is 4.56. The molecule has 1 aromatic rings. The fraction of sp³-hybridized carbons (Fsp3) is 0.300. The molecule has 0 heterocycles. The monoisotopic (exact) mass is 228 g/mol. The number of anilines is 1. The van der Waals surface area contributed by atoms with E-state index in [0.717, 1.165) is 0 Å². The summed E-state index contributed by atoms with van der Waals surface area (Å²) in [5.74, 6) is -0.221. The van der Waals surface area contributed by atoms with E-state index in [4.69, 9.17) is 27.8 Å². The molecule has 0 aromatic heterocycles. The third kappa shape index (κ3) is 2.76. The van der Waals surface area contributed by atoms with Gasteiger partial charge >= 0.3 is 0 Å². The van der Waals surface area contributed by atoms with Crippen LogP contribution in [0.3, 0.4) is 0 Å². The molecule has 0 bridgehead atoms. The fourth-order valence-corrected chi connectivity index (χ4v) is 1.36. The number of carbonyl (C=O) groups excluding carboxylic acids is 1. The van der Waals surface area contributed by atoms with E-state index in [2.05, 4.69) is 0 Å². The minimum Gasteiger partial charge on any atom is -0.477 e. The lowest BCUT2D eigenvalue weighted by Crippen LogP contribution is -2.33. The predicted molar refractivity (Wildman–Crippen MR) is 59.8 cm³/mol. The maximum atomic E-state index is 11.0. The van der Waals surface area contributed by atoms with Gasteiger partial charge in [-0.2, -0.15) is 0 Å². The van der Waals surface area contributed by atoms with Crippen molar-refractivity contribution < 1.29 is 9.53 Å². The van der Waals surface area contributed by atoms with Gasteiger partial charge in [0.25, 0.3) is 5.91 Å². The SMILES string of the molecule is CCC(Oc1c(N)cccc1Cl)C(N)=O. The van der Waals surface area contributed by atoms with E-state index in [9.17, 15) is 4.79 Å². The molecule has 0 aliphatic rings. The van der Waals surface area contributed by atoms with Gasteiger partial charge in [0.15, 0.2) is 11.9 Å². The predicted octanol–water partition coefficient (Wildman–Crippen LogP) is 1.56. The summed E-state index contributed by atoms with van der Waals surface area (Å²) >= 11 is 5.88. The highest BCUT2D eigenvalue weighted by Crippen LogP contribution is 2.31. The van der Waals surface area contributed by atoms with E-state index < -0.39 is 12.0 Å². The lowest BCUT2D eigenvalue weighted by molar-refractivity contribution is -0.124. The van der Waals surface area contributed by atoms with Gasteiger partial charge in [-0.05, 0) is 18.6 Å². The molecule has 0 fully saturated rings. The summed E-state index contributed by atoms with van der Waals surface area (Å²) in [6, 6.07) is 4.99. The highest BCUT2D eigenvalue weighted by Gasteiger charge is 2.17. The molecule has 82 valence electrons. The quantitative estimate of drug-likeness (QED) is 0.768. The number of amides is 1. The lowest BCUT2D eigenvalue weighted by Gasteiger charge is -2.16. The first-order chi connectivity index (χ1) is 7.06. The number of ether oxygens (including phenoxy) is 1. The first-order valence-corrected chi connectivity index (χ1v) is 4.94. The molecule has 1 aromatic carbocycles. The van der Waals surface area contributed by atoms with Gasteiger partial charge in [-0.1, -0.05) is 24.6 Å². The number of hydrogen-bond acceptors (Lipinski definition) is 3. The number of nitrogen functional groups attached to an aromatic ring is 1. The Kier molecular flexibility index (Phi) is 3.80. The van der Waals surface area contributed by atoms with Crippen LogP contribution in [0.25, 0.3) is 0 Å². The molecule has 0 saturated heterocycles. The number of nitrogens with two attached hydrogens (primary N) is 2. The number of benzene rings is 1. The second-order valence-corrected chi connectivity index (χ2v) is 3.48. The molecule has 1 atom stereocenters. The molecule has 15 heavy (non-hydrogen) atoms. The summed E-state index contributed by atoms with van der Waals surface area (Å²) in [5.41, 5.74) is 11.2. The van der Waals surface area contributed by atoms with Gasteiger partial charge in [0.05, 0.1) is 10.7 Å². The molecule has 0 aliphatic carbocycles. The zero-order valence-corrected chi connectivity index (χ0v) is 9.12. The molecule has 0 saturated carbocycles. The maximum absolute atomic E-state index is 11.0. The summed E-state index contributed by atoms with van der Waals surface area (Å²) < 4.78 is 5.36. The standard InChI is InChI=1S/C10H13ClN2O2/c1-2-8(10(13)14)15-9-6(11)4-3-5-7(9)12/h3-5,8H,2,12H2,1H3,(H2,13,14). The van der Waals surface area contributed by atoms with Crippen molar-refractivity contribution >= 4 is 23.2 Å². The highest BCUT2D eigenvalue weighted by atomic mass is 35.5. The Morgan fingerprint density at radius 1 is 1.60 bits per heavy atom. The number of para-hydroxylation sites is 1. The molecule has 1 amide bonds. The van der Waals surface area contributed by atoms with Crippen molar-refractivity contribution in [3.05, 3.63) is 23.2 Å². The van der Waals surface area contributed by atoms with Gasteiger partial charge in [-0.15, -0.1) is 0 Å². The third-order valence-corrected chi connectivity index (χ3v) is 2.24. The van der Waals surface area contributed by atoms with E-state index in [-0.39, 0.29) is 0 Å². The van der Waals surface area contributed by atoms with Crippen LogP contribution in [0.2, 0.25) is 5.02 Å². The summed E-state index contributed by atoms with van der Waals surface area (Å²) in [7, 11) is 0. The molecule has 1 rings (SSSR count). The minimum atomic E-state index is -0.702. The van der Waals surface area contributed by atoms with Crippen LogP contribution in [0.15, 0.2) is 18.2 Å². The maximum Gasteiger partial charge on any atom is 0.258 e. The molecular formula is C10H13ClN2O2. The van der Waals surface area contributed by atoms with Gasteiger partial charge in [0, 0.05) is 0 Å². The summed E-state index contributed by atoms with van der Waals surface area (Å²) in [5, 5.41) is 0.370. The van der Waals surface area contributed by atoms with Crippen LogP contribution in [-0.4, -0.2) is 12.0 Å². The zero-order chi connectivity index (χ0) is 11.4. The average molecular weight is 229 g/mol. The van der Waals surface area contributed by atoms with Crippen molar-refractivity contribution in [1.29, 1.82) is 0 Å². The van der Waals surface area contributed by atoms with Crippen LogP contribution in [0, 0.1) is 0 Å². The minimum absolute atomic E-state index is 0.310. The van der Waals surface area contributed by atoms with E-state index in [0.29, 0.717) is 22.9 Å². The number of primary amides is 1. The molecule has 1 unspecified atom stereocenters. The Balaban J connectivity index is 2.92. The van der Waals surface area contributed by atoms with Crippen LogP contribution in [0.1, 0.15) is 13.3 Å². The summed E-state index contributed by atoms with van der Waals surface area (Å²) in [4.78, 5) is 11.0. The molecular weight excluding hydrogens is 216 g/mol. The van der Waals surface area contributed by atoms with Gasteiger partial charge < -0.3 is 16.2 Å².